The van der Waals surface area contributed by atoms with Gasteiger partial charge in [0, 0.05) is 6.54 Å². The van der Waals surface area contributed by atoms with Crippen LogP contribution in [0.5, 0.6) is 0 Å². The molecule has 1 amide bonds. The summed E-state index contributed by atoms with van der Waals surface area (Å²) in [5.74, 6) is -0.467. The normalized spacial score (nSPS) is 15.3. The van der Waals surface area contributed by atoms with Gasteiger partial charge in [0.25, 0.3) is 0 Å². The van der Waals surface area contributed by atoms with E-state index in [1.807, 2.05) is 6.08 Å². The van der Waals surface area contributed by atoms with Gasteiger partial charge in [0.05, 0.1) is 37.9 Å². The number of carbonyl (C=O) groups excluding carboxylic acids is 1. The highest BCUT2D eigenvalue weighted by Crippen LogP contribution is 2.43. The molecule has 0 radical (unpaired) electrons. The molecular formula is C41H77N2O7P. The average molecular weight is 741 g/mol. The highest BCUT2D eigenvalue weighted by atomic mass is 31.2. The lowest BCUT2D eigenvalue weighted by Crippen LogP contribution is -2.46. The first-order chi connectivity index (χ1) is 24.8. The molecular weight excluding hydrogens is 663 g/mol. The average Bonchev–Trinajstić information content (AvgIpc) is 3.10. The Morgan fingerprint density at radius 1 is 0.686 bits per heavy atom. The molecule has 51 heavy (non-hydrogen) atoms. The summed E-state index contributed by atoms with van der Waals surface area (Å²) in [5.41, 5.74) is 5.35. The number of aliphatic hydroxyl groups excluding tert-OH is 2. The number of hydrogen-bond acceptors (Lipinski definition) is 7. The van der Waals surface area contributed by atoms with Crippen molar-refractivity contribution >= 4 is 13.7 Å². The summed E-state index contributed by atoms with van der Waals surface area (Å²) in [5, 5.41) is 23.9. The third-order valence-electron chi connectivity index (χ3n) is 8.68. The van der Waals surface area contributed by atoms with Gasteiger partial charge in [-0.2, -0.15) is 0 Å². The van der Waals surface area contributed by atoms with Crippen LogP contribution in [0.2, 0.25) is 0 Å². The van der Waals surface area contributed by atoms with E-state index in [1.165, 1.54) is 77.0 Å². The van der Waals surface area contributed by atoms with Crippen LogP contribution in [0.15, 0.2) is 48.6 Å². The van der Waals surface area contributed by atoms with E-state index in [-0.39, 0.29) is 19.6 Å². The van der Waals surface area contributed by atoms with Crippen molar-refractivity contribution in [3.63, 3.8) is 0 Å². The van der Waals surface area contributed by atoms with Crippen molar-refractivity contribution in [3.8, 4) is 0 Å². The minimum absolute atomic E-state index is 0.0413. The summed E-state index contributed by atoms with van der Waals surface area (Å²) < 4.78 is 22.0. The minimum Gasteiger partial charge on any atom is -0.393 e. The summed E-state index contributed by atoms with van der Waals surface area (Å²) in [7, 11) is -4.41. The van der Waals surface area contributed by atoms with Crippen LogP contribution in [0, 0.1) is 0 Å². The predicted molar refractivity (Wildman–Crippen MR) is 213 cm³/mol. The van der Waals surface area contributed by atoms with Crippen LogP contribution in [-0.2, 0) is 18.4 Å². The Kier molecular flexibility index (Phi) is 35.6. The van der Waals surface area contributed by atoms with Gasteiger partial charge in [0.2, 0.25) is 5.91 Å². The number of nitrogens with two attached hydrogens (primary N) is 1. The van der Waals surface area contributed by atoms with Crippen molar-refractivity contribution in [1.82, 2.24) is 5.32 Å². The van der Waals surface area contributed by atoms with Crippen molar-refractivity contribution in [2.75, 3.05) is 19.8 Å². The van der Waals surface area contributed by atoms with E-state index >= 15 is 0 Å². The fraction of sp³-hybridized carbons (Fsp3) is 0.780. The van der Waals surface area contributed by atoms with Gasteiger partial charge in [-0.25, -0.2) is 4.57 Å². The summed E-state index contributed by atoms with van der Waals surface area (Å²) in [6.45, 7) is 3.89. The maximum absolute atomic E-state index is 12.8. The quantitative estimate of drug-likeness (QED) is 0.0240. The monoisotopic (exact) mass is 741 g/mol. The number of phosphoric ester groups is 1. The summed E-state index contributed by atoms with van der Waals surface area (Å²) in [6.07, 6.45) is 40.5. The lowest BCUT2D eigenvalue weighted by Gasteiger charge is -2.24. The second kappa shape index (κ2) is 36.8. The molecule has 4 atom stereocenters. The largest absolute Gasteiger partial charge is 0.472 e. The van der Waals surface area contributed by atoms with E-state index in [0.717, 1.165) is 57.8 Å². The predicted octanol–water partition coefficient (Wildman–Crippen LogP) is 9.91. The molecule has 0 saturated heterocycles. The molecule has 0 bridgehead atoms. The first-order valence-electron chi connectivity index (χ1n) is 20.3. The molecule has 0 fully saturated rings. The molecule has 0 aromatic heterocycles. The lowest BCUT2D eigenvalue weighted by atomic mass is 10.0. The van der Waals surface area contributed by atoms with Crippen molar-refractivity contribution < 1.29 is 33.5 Å². The van der Waals surface area contributed by atoms with Crippen LogP contribution >= 0.6 is 7.82 Å². The van der Waals surface area contributed by atoms with Crippen LogP contribution in [0.4, 0.5) is 0 Å². The SMILES string of the molecule is CCCCC/C=C\C/C=C\CCCCCCCC(O)CC(=O)NC(COP(=O)(O)OCCN)C(O)/C=C/CC/C=C/CCCCCCCCCC. The van der Waals surface area contributed by atoms with E-state index in [9.17, 15) is 24.5 Å². The van der Waals surface area contributed by atoms with Crippen molar-refractivity contribution in [2.45, 2.75) is 186 Å². The molecule has 10 heteroatoms. The topological polar surface area (TPSA) is 151 Å². The fourth-order valence-electron chi connectivity index (χ4n) is 5.57. The van der Waals surface area contributed by atoms with Crippen LogP contribution < -0.4 is 11.1 Å². The third-order valence-corrected chi connectivity index (χ3v) is 9.67. The number of unbranched alkanes of at least 4 members (excludes halogenated alkanes) is 17. The Morgan fingerprint density at radius 3 is 1.78 bits per heavy atom. The number of phosphoric acid groups is 1. The van der Waals surface area contributed by atoms with Gasteiger partial charge in [-0.15, -0.1) is 0 Å². The molecule has 0 heterocycles. The molecule has 0 saturated carbocycles. The Morgan fingerprint density at radius 2 is 1.18 bits per heavy atom. The number of rotatable bonds is 37. The number of hydrogen-bond donors (Lipinski definition) is 5. The Balaban J connectivity index is 4.46. The lowest BCUT2D eigenvalue weighted by molar-refractivity contribution is -0.124. The van der Waals surface area contributed by atoms with Crippen molar-refractivity contribution in [3.05, 3.63) is 48.6 Å². The zero-order valence-electron chi connectivity index (χ0n) is 32.4. The second-order valence-corrected chi connectivity index (χ2v) is 15.1. The summed E-state index contributed by atoms with van der Waals surface area (Å²) in [6, 6.07) is -1.00. The van der Waals surface area contributed by atoms with Crippen LogP contribution in [0.3, 0.4) is 0 Å². The Hall–Kier alpha value is -1.58. The van der Waals surface area contributed by atoms with Gasteiger partial charge in [-0.3, -0.25) is 13.8 Å². The maximum atomic E-state index is 12.8. The van der Waals surface area contributed by atoms with E-state index in [2.05, 4.69) is 55.6 Å². The molecule has 6 N–H and O–H groups in total. The van der Waals surface area contributed by atoms with Crippen LogP contribution in [0.25, 0.3) is 0 Å². The van der Waals surface area contributed by atoms with Crippen molar-refractivity contribution in [2.24, 2.45) is 5.73 Å². The summed E-state index contributed by atoms with van der Waals surface area (Å²) in [4.78, 5) is 22.7. The van der Waals surface area contributed by atoms with Crippen LogP contribution in [0.1, 0.15) is 168 Å². The molecule has 298 valence electrons. The molecule has 0 spiro atoms. The zero-order valence-corrected chi connectivity index (χ0v) is 33.3. The van der Waals surface area contributed by atoms with Crippen LogP contribution in [-0.4, -0.2) is 59.0 Å². The molecule has 0 aromatic rings. The number of aliphatic hydroxyl groups is 2. The number of carbonyl (C=O) groups is 1. The minimum atomic E-state index is -4.41. The molecule has 0 aliphatic heterocycles. The highest BCUT2D eigenvalue weighted by molar-refractivity contribution is 7.47. The van der Waals surface area contributed by atoms with Gasteiger partial charge >= 0.3 is 7.82 Å². The summed E-state index contributed by atoms with van der Waals surface area (Å²) >= 11 is 0. The van der Waals surface area contributed by atoms with Gasteiger partial charge < -0.3 is 26.2 Å². The van der Waals surface area contributed by atoms with Gasteiger partial charge in [0.15, 0.2) is 0 Å². The van der Waals surface area contributed by atoms with Crippen molar-refractivity contribution in [1.29, 1.82) is 0 Å². The standard InChI is InChI=1S/C41H77N2O7P/c1-3-5-7-9-11-13-15-17-19-20-22-24-26-28-30-32-38(44)36-41(46)43-39(37-50-51(47,48)49-35-34-42)40(45)33-31-29-27-25-23-21-18-16-14-12-10-8-6-4-2/h11,13,17,19,23,25,31,33,38-40,44-45H,3-10,12,14-16,18,20-22,24,26-30,32,34-37,42H2,1-2H3,(H,43,46)(H,47,48)/b13-11-,19-17-,25-23+,33-31+. The van der Waals surface area contributed by atoms with E-state index in [4.69, 9.17) is 14.8 Å². The van der Waals surface area contributed by atoms with Gasteiger partial charge in [0.1, 0.15) is 0 Å². The first kappa shape index (κ1) is 49.4. The van der Waals surface area contributed by atoms with Gasteiger partial charge in [-0.05, 0) is 64.2 Å². The number of amides is 1. The van der Waals surface area contributed by atoms with E-state index in [1.54, 1.807) is 6.08 Å². The van der Waals surface area contributed by atoms with E-state index in [0.29, 0.717) is 12.8 Å². The molecule has 0 aliphatic carbocycles. The van der Waals surface area contributed by atoms with Gasteiger partial charge in [-0.1, -0.05) is 146 Å². The molecule has 0 rings (SSSR count). The first-order valence-corrected chi connectivity index (χ1v) is 21.8. The fourth-order valence-corrected chi connectivity index (χ4v) is 6.33. The number of allylic oxidation sites excluding steroid dienone is 7. The smallest absolute Gasteiger partial charge is 0.393 e. The zero-order chi connectivity index (χ0) is 37.7. The number of nitrogens with one attached hydrogen (secondary N) is 1. The Labute approximate surface area is 312 Å². The Bertz CT molecular complexity index is 956. The highest BCUT2D eigenvalue weighted by Gasteiger charge is 2.27. The molecule has 4 unspecified atom stereocenters. The molecule has 9 nitrogen and oxygen atoms in total. The second-order valence-electron chi connectivity index (χ2n) is 13.7. The third kappa shape index (κ3) is 35.2. The molecule has 0 aliphatic rings. The van der Waals surface area contributed by atoms with E-state index < -0.39 is 38.6 Å². The molecule has 0 aromatic carbocycles. The maximum Gasteiger partial charge on any atom is 0.472 e.